The van der Waals surface area contributed by atoms with Crippen LogP contribution in [0.4, 0.5) is 8.78 Å². The van der Waals surface area contributed by atoms with E-state index in [-0.39, 0.29) is 24.9 Å². The summed E-state index contributed by atoms with van der Waals surface area (Å²) in [4.78, 5) is 12.3. The Bertz CT molecular complexity index is 732. The number of carbonyl (C=O) groups is 1. The number of hydrogen-bond acceptors (Lipinski definition) is 3. The van der Waals surface area contributed by atoms with Gasteiger partial charge in [-0.15, -0.1) is 0 Å². The Balaban J connectivity index is 1.93. The molecule has 1 aromatic carbocycles. The molecule has 0 fully saturated rings. The molecule has 0 aliphatic rings. The number of ether oxygens (including phenoxy) is 1. The zero-order valence-corrected chi connectivity index (χ0v) is 15.2. The third-order valence-corrected chi connectivity index (χ3v) is 4.04. The smallest absolute Gasteiger partial charge is 0.269 e. The minimum Gasteiger partial charge on any atom is -0.491 e. The molecule has 0 aliphatic carbocycles. The van der Waals surface area contributed by atoms with Gasteiger partial charge in [-0.3, -0.25) is 13.9 Å². The minimum atomic E-state index is -0.488. The van der Waals surface area contributed by atoms with E-state index in [2.05, 4.69) is 10.4 Å². The van der Waals surface area contributed by atoms with Crippen LogP contribution in [0.2, 0.25) is 0 Å². The topological polar surface area (TPSA) is 56.1 Å². The maximum Gasteiger partial charge on any atom is 0.269 e. The fourth-order valence-electron chi connectivity index (χ4n) is 2.54. The van der Waals surface area contributed by atoms with Gasteiger partial charge in [-0.25, -0.2) is 4.39 Å². The van der Waals surface area contributed by atoms with Crippen LogP contribution in [0.1, 0.15) is 47.9 Å². The van der Waals surface area contributed by atoms with Crippen molar-refractivity contribution in [3.8, 4) is 5.75 Å². The van der Waals surface area contributed by atoms with E-state index >= 15 is 0 Å². The monoisotopic (exact) mass is 365 g/mol. The number of nitrogens with one attached hydrogen (secondary N) is 1. The van der Waals surface area contributed by atoms with E-state index in [1.807, 2.05) is 6.92 Å². The van der Waals surface area contributed by atoms with Crippen molar-refractivity contribution in [2.24, 2.45) is 7.05 Å². The van der Waals surface area contributed by atoms with Crippen molar-refractivity contribution in [1.82, 2.24) is 15.1 Å². The van der Waals surface area contributed by atoms with Gasteiger partial charge in [0.25, 0.3) is 5.91 Å². The first-order chi connectivity index (χ1) is 12.6. The van der Waals surface area contributed by atoms with Crippen molar-refractivity contribution in [1.29, 1.82) is 0 Å². The summed E-state index contributed by atoms with van der Waals surface area (Å²) in [7, 11) is 1.70. The maximum atomic E-state index is 14.5. The number of unbranched alkanes of at least 4 members (excludes halogenated alkanes) is 2. The van der Waals surface area contributed by atoms with Crippen LogP contribution < -0.4 is 10.1 Å². The zero-order chi connectivity index (χ0) is 18.9. The second-order valence-electron chi connectivity index (χ2n) is 6.01. The Morgan fingerprint density at radius 3 is 2.81 bits per heavy atom. The number of alkyl halides is 1. The molecule has 0 spiro atoms. The zero-order valence-electron chi connectivity index (χ0n) is 15.2. The van der Waals surface area contributed by atoms with E-state index in [1.54, 1.807) is 31.3 Å². The fourth-order valence-corrected chi connectivity index (χ4v) is 2.54. The molecule has 0 aliphatic heterocycles. The number of halogens is 2. The second-order valence-corrected chi connectivity index (χ2v) is 6.01. The number of nitrogens with zero attached hydrogens (tertiary/aromatic N) is 2. The summed E-state index contributed by atoms with van der Waals surface area (Å²) < 4.78 is 33.5. The van der Waals surface area contributed by atoms with Crippen molar-refractivity contribution >= 4 is 5.91 Å². The highest BCUT2D eigenvalue weighted by Crippen LogP contribution is 2.21. The van der Waals surface area contributed by atoms with Crippen LogP contribution in [0.5, 0.6) is 5.75 Å². The van der Waals surface area contributed by atoms with Crippen LogP contribution in [0.3, 0.4) is 0 Å². The minimum absolute atomic E-state index is 0.0519. The summed E-state index contributed by atoms with van der Waals surface area (Å²) >= 11 is 0. The highest BCUT2D eigenvalue weighted by atomic mass is 19.1. The van der Waals surface area contributed by atoms with E-state index in [4.69, 9.17) is 4.74 Å². The largest absolute Gasteiger partial charge is 0.491 e. The first-order valence-electron chi connectivity index (χ1n) is 8.84. The van der Waals surface area contributed by atoms with E-state index in [1.165, 1.54) is 4.68 Å². The van der Waals surface area contributed by atoms with Crippen molar-refractivity contribution in [3.63, 3.8) is 0 Å². The van der Waals surface area contributed by atoms with Crippen molar-refractivity contribution in [3.05, 3.63) is 47.0 Å². The Hall–Kier alpha value is -2.44. The van der Waals surface area contributed by atoms with Gasteiger partial charge < -0.3 is 10.1 Å². The fraction of sp³-hybridized carbons (Fsp3) is 0.474. The predicted molar refractivity (Wildman–Crippen MR) is 95.5 cm³/mol. The molecule has 1 aromatic heterocycles. The molecule has 0 unspecified atom stereocenters. The van der Waals surface area contributed by atoms with Crippen LogP contribution in [-0.4, -0.2) is 29.0 Å². The van der Waals surface area contributed by atoms with Gasteiger partial charge in [0.15, 0.2) is 11.6 Å². The van der Waals surface area contributed by atoms with E-state index in [9.17, 15) is 13.6 Å². The number of rotatable bonds is 10. The number of hydrogen-bond donors (Lipinski definition) is 1. The van der Waals surface area contributed by atoms with Gasteiger partial charge in [-0.2, -0.15) is 5.10 Å². The molecule has 2 aromatic rings. The molecule has 0 atom stereocenters. The molecule has 26 heavy (non-hydrogen) atoms. The van der Waals surface area contributed by atoms with Gasteiger partial charge in [0.05, 0.1) is 19.0 Å². The molecule has 7 heteroatoms. The summed E-state index contributed by atoms with van der Waals surface area (Å²) in [5.41, 5.74) is 1.60. The molecule has 1 N–H and O–H groups in total. The van der Waals surface area contributed by atoms with Crippen molar-refractivity contribution in [2.75, 3.05) is 13.3 Å². The lowest BCUT2D eigenvalue weighted by atomic mass is 10.2. The standard InChI is InChI=1S/C19H25F2N3O2/c1-3-15-12-16(24(2)23-15)19(25)22-13-14-8-7-9-17(18(14)21)26-11-6-4-5-10-20/h7-9,12H,3-6,10-11,13H2,1-2H3,(H,22,25). The molecule has 1 amide bonds. The lowest BCUT2D eigenvalue weighted by Crippen LogP contribution is -2.25. The third kappa shape index (κ3) is 5.28. The molecule has 1 heterocycles. The summed E-state index contributed by atoms with van der Waals surface area (Å²) in [6, 6.07) is 6.56. The summed E-state index contributed by atoms with van der Waals surface area (Å²) in [5, 5.41) is 6.94. The first kappa shape index (κ1) is 19.9. The van der Waals surface area contributed by atoms with E-state index < -0.39 is 5.82 Å². The number of carbonyl (C=O) groups excluding carboxylic acids is 1. The summed E-state index contributed by atoms with van der Waals surface area (Å²) in [5.74, 6) is -0.653. The molecule has 142 valence electrons. The van der Waals surface area contributed by atoms with Crippen molar-refractivity contribution in [2.45, 2.75) is 39.2 Å². The normalized spacial score (nSPS) is 10.8. The Labute approximate surface area is 152 Å². The summed E-state index contributed by atoms with van der Waals surface area (Å²) in [6.45, 7) is 2.00. The lowest BCUT2D eigenvalue weighted by Gasteiger charge is -2.11. The van der Waals surface area contributed by atoms with Gasteiger partial charge in [0.1, 0.15) is 5.69 Å². The average molecular weight is 365 g/mol. The molecule has 0 bridgehead atoms. The van der Waals surface area contributed by atoms with Crippen LogP contribution in [0.15, 0.2) is 24.3 Å². The average Bonchev–Trinajstić information content (AvgIpc) is 3.02. The number of benzene rings is 1. The van der Waals surface area contributed by atoms with Crippen LogP contribution in [-0.2, 0) is 20.0 Å². The van der Waals surface area contributed by atoms with Gasteiger partial charge in [0, 0.05) is 19.2 Å². The summed E-state index contributed by atoms with van der Waals surface area (Å²) in [6.07, 6.45) is 2.61. The van der Waals surface area contributed by atoms with Gasteiger partial charge in [-0.05, 0) is 37.8 Å². The Morgan fingerprint density at radius 2 is 2.12 bits per heavy atom. The second kappa shape index (κ2) is 9.89. The highest BCUT2D eigenvalue weighted by Gasteiger charge is 2.14. The Kier molecular flexibility index (Phi) is 7.56. The molecule has 5 nitrogen and oxygen atoms in total. The van der Waals surface area contributed by atoms with Crippen molar-refractivity contribution < 1.29 is 18.3 Å². The number of aromatic nitrogens is 2. The highest BCUT2D eigenvalue weighted by molar-refractivity contribution is 5.92. The molecule has 0 radical (unpaired) electrons. The Morgan fingerprint density at radius 1 is 1.31 bits per heavy atom. The quantitative estimate of drug-likeness (QED) is 0.655. The van der Waals surface area contributed by atoms with Gasteiger partial charge >= 0.3 is 0 Å². The molecule has 0 saturated carbocycles. The SMILES string of the molecule is CCc1cc(C(=O)NCc2cccc(OCCCCCF)c2F)n(C)n1. The van der Waals surface area contributed by atoms with Gasteiger partial charge in [0.2, 0.25) is 0 Å². The maximum absolute atomic E-state index is 14.5. The lowest BCUT2D eigenvalue weighted by molar-refractivity contribution is 0.0941. The van der Waals surface area contributed by atoms with E-state index in [0.717, 1.165) is 12.1 Å². The predicted octanol–water partition coefficient (Wildman–Crippen LogP) is 3.57. The molecule has 2 rings (SSSR count). The van der Waals surface area contributed by atoms with Gasteiger partial charge in [-0.1, -0.05) is 19.1 Å². The number of amides is 1. The van der Waals surface area contributed by atoms with Crippen LogP contribution >= 0.6 is 0 Å². The number of aryl methyl sites for hydroxylation is 2. The third-order valence-electron chi connectivity index (χ3n) is 4.04. The van der Waals surface area contributed by atoms with E-state index in [0.29, 0.717) is 37.1 Å². The molecular formula is C19H25F2N3O2. The van der Waals surface area contributed by atoms with Crippen LogP contribution in [0.25, 0.3) is 0 Å². The molecule has 0 saturated heterocycles. The first-order valence-corrected chi connectivity index (χ1v) is 8.84. The van der Waals surface area contributed by atoms with Crippen LogP contribution in [0, 0.1) is 5.82 Å². The molecular weight excluding hydrogens is 340 g/mol.